The predicted molar refractivity (Wildman–Crippen MR) is 134 cm³/mol. The van der Waals surface area contributed by atoms with Crippen LogP contribution in [0.1, 0.15) is 32.8 Å². The first-order valence-corrected chi connectivity index (χ1v) is 12.8. The second kappa shape index (κ2) is 9.65. The summed E-state index contributed by atoms with van der Waals surface area (Å²) in [6.07, 6.45) is 3.64. The molecule has 3 aromatic heterocycles. The molecule has 36 heavy (non-hydrogen) atoms. The lowest BCUT2D eigenvalue weighted by Crippen LogP contribution is -2.36. The van der Waals surface area contributed by atoms with Crippen LogP contribution in [0.5, 0.6) is 0 Å². The van der Waals surface area contributed by atoms with Gasteiger partial charge in [0.05, 0.1) is 18.4 Å². The molecule has 0 aliphatic carbocycles. The number of pyridine rings is 1. The van der Waals surface area contributed by atoms with Crippen LogP contribution in [0, 0.1) is 11.2 Å². The molecule has 0 bridgehead atoms. The first kappa shape index (κ1) is 25.2. The maximum atomic E-state index is 14.2. The van der Waals surface area contributed by atoms with Gasteiger partial charge in [-0.3, -0.25) is 4.79 Å². The van der Waals surface area contributed by atoms with Crippen LogP contribution in [-0.4, -0.2) is 44.5 Å². The summed E-state index contributed by atoms with van der Waals surface area (Å²) in [5.41, 5.74) is 0.542. The molecule has 1 atom stereocenters. The average Bonchev–Trinajstić information content (AvgIpc) is 3.18. The first-order chi connectivity index (χ1) is 16.9. The van der Waals surface area contributed by atoms with Gasteiger partial charge in [-0.15, -0.1) is 0 Å². The highest BCUT2D eigenvalue weighted by Crippen LogP contribution is 2.31. The third-order valence-electron chi connectivity index (χ3n) is 5.71. The lowest BCUT2D eigenvalue weighted by atomic mass is 9.85. The van der Waals surface area contributed by atoms with Crippen LogP contribution < -0.4 is 5.32 Å². The van der Waals surface area contributed by atoms with E-state index in [4.69, 9.17) is 0 Å². The Kier molecular flexibility index (Phi) is 6.77. The van der Waals surface area contributed by atoms with Crippen molar-refractivity contribution in [1.29, 1.82) is 0 Å². The fraction of sp³-hybridized carbons (Fsp3) is 0.280. The van der Waals surface area contributed by atoms with Gasteiger partial charge >= 0.3 is 5.97 Å². The molecule has 9 nitrogen and oxygen atoms in total. The van der Waals surface area contributed by atoms with Crippen molar-refractivity contribution in [2.75, 3.05) is 5.32 Å². The number of anilines is 1. The summed E-state index contributed by atoms with van der Waals surface area (Å²) < 4.78 is 41.8. The van der Waals surface area contributed by atoms with Gasteiger partial charge in [0.15, 0.2) is 11.5 Å². The van der Waals surface area contributed by atoms with Crippen LogP contribution in [0.15, 0.2) is 61.1 Å². The highest BCUT2D eigenvalue weighted by molar-refractivity contribution is 7.89. The molecule has 0 fully saturated rings. The number of carboxylic acids is 1. The number of nitrogens with zero attached hydrogens (tertiary/aromatic N) is 4. The summed E-state index contributed by atoms with van der Waals surface area (Å²) in [5.74, 6) is -1.36. The topological polar surface area (TPSA) is 127 Å². The molecule has 0 radical (unpaired) electrons. The van der Waals surface area contributed by atoms with Gasteiger partial charge in [-0.25, -0.2) is 31.7 Å². The van der Waals surface area contributed by atoms with E-state index in [1.54, 1.807) is 36.4 Å². The first-order valence-electron chi connectivity index (χ1n) is 11.2. The number of hydrogen-bond acceptors (Lipinski definition) is 7. The lowest BCUT2D eigenvalue weighted by Gasteiger charge is -2.30. The summed E-state index contributed by atoms with van der Waals surface area (Å²) in [6.45, 7) is 5.74. The number of carboxylic acid groups (broad SMARTS) is 1. The van der Waals surface area contributed by atoms with E-state index >= 15 is 0 Å². The van der Waals surface area contributed by atoms with E-state index in [9.17, 15) is 22.7 Å². The van der Waals surface area contributed by atoms with Gasteiger partial charge in [0.1, 0.15) is 11.6 Å². The standard InChI is InChI=1S/C25H26FN5O4S/c1-25(2,3)20(12-22(32)33)29-21-9-10-27-23(30-21)19-14-31(24-18(19)11-17(26)13-28-24)36(34,35)15-16-7-5-4-6-8-16/h4-11,13-14,20H,12,15H2,1-3H3,(H,32,33)(H,27,29,30)/t20-/m1/s1. The number of halogens is 1. The summed E-state index contributed by atoms with van der Waals surface area (Å²) in [7, 11) is -3.91. The Hall–Kier alpha value is -3.86. The van der Waals surface area contributed by atoms with E-state index in [0.717, 1.165) is 10.2 Å². The van der Waals surface area contributed by atoms with Crippen molar-refractivity contribution in [2.24, 2.45) is 5.41 Å². The van der Waals surface area contributed by atoms with Crippen LogP contribution in [-0.2, 0) is 20.6 Å². The van der Waals surface area contributed by atoms with Crippen molar-refractivity contribution >= 4 is 32.8 Å². The molecular formula is C25H26FN5O4S. The Morgan fingerprint density at radius 2 is 1.89 bits per heavy atom. The summed E-state index contributed by atoms with van der Waals surface area (Å²) in [6, 6.07) is 11.0. The fourth-order valence-electron chi connectivity index (χ4n) is 3.79. The number of hydrogen-bond donors (Lipinski definition) is 2. The molecule has 0 saturated heterocycles. The molecular weight excluding hydrogens is 485 g/mol. The van der Waals surface area contributed by atoms with Crippen molar-refractivity contribution in [3.8, 4) is 11.4 Å². The molecule has 0 amide bonds. The Labute approximate surface area is 208 Å². The monoisotopic (exact) mass is 511 g/mol. The smallest absolute Gasteiger partial charge is 0.305 e. The molecule has 4 aromatic rings. The maximum Gasteiger partial charge on any atom is 0.305 e. The van der Waals surface area contributed by atoms with Crippen LogP contribution >= 0.6 is 0 Å². The number of fused-ring (bicyclic) bond motifs is 1. The van der Waals surface area contributed by atoms with Crippen molar-refractivity contribution in [2.45, 2.75) is 39.0 Å². The average molecular weight is 512 g/mol. The van der Waals surface area contributed by atoms with Crippen LogP contribution in [0.2, 0.25) is 0 Å². The minimum atomic E-state index is -3.91. The normalized spacial score (nSPS) is 13.0. The molecule has 0 aliphatic rings. The van der Waals surface area contributed by atoms with E-state index in [2.05, 4.69) is 20.3 Å². The molecule has 3 heterocycles. The highest BCUT2D eigenvalue weighted by atomic mass is 32.2. The summed E-state index contributed by atoms with van der Waals surface area (Å²) in [5, 5.41) is 12.7. The lowest BCUT2D eigenvalue weighted by molar-refractivity contribution is -0.137. The minimum absolute atomic E-state index is 0.0581. The van der Waals surface area contributed by atoms with Crippen LogP contribution in [0.4, 0.5) is 10.2 Å². The number of rotatable bonds is 8. The number of aromatic nitrogens is 4. The fourth-order valence-corrected chi connectivity index (χ4v) is 5.22. The van der Waals surface area contributed by atoms with Gasteiger partial charge < -0.3 is 10.4 Å². The molecule has 1 aromatic carbocycles. The van der Waals surface area contributed by atoms with Gasteiger partial charge in [0, 0.05) is 29.4 Å². The highest BCUT2D eigenvalue weighted by Gasteiger charge is 2.28. The van der Waals surface area contributed by atoms with Gasteiger partial charge in [-0.1, -0.05) is 51.1 Å². The van der Waals surface area contributed by atoms with Crippen molar-refractivity contribution < 1.29 is 22.7 Å². The number of carbonyl (C=O) groups is 1. The molecule has 188 valence electrons. The quantitative estimate of drug-likeness (QED) is 0.358. The predicted octanol–water partition coefficient (Wildman–Crippen LogP) is 4.31. The van der Waals surface area contributed by atoms with E-state index in [1.807, 2.05) is 20.8 Å². The number of aliphatic carboxylic acids is 1. The third-order valence-corrected chi connectivity index (χ3v) is 7.29. The second-order valence-electron chi connectivity index (χ2n) is 9.53. The zero-order valence-electron chi connectivity index (χ0n) is 20.0. The Morgan fingerprint density at radius 1 is 1.17 bits per heavy atom. The summed E-state index contributed by atoms with van der Waals surface area (Å²) >= 11 is 0. The Balaban J connectivity index is 1.78. The second-order valence-corrected chi connectivity index (χ2v) is 11.4. The SMILES string of the molecule is CC(C)(C)[C@@H](CC(=O)O)Nc1ccnc(-c2cn(S(=O)(=O)Cc3ccccc3)c3ncc(F)cc23)n1. The van der Waals surface area contributed by atoms with Gasteiger partial charge in [0.25, 0.3) is 0 Å². The van der Waals surface area contributed by atoms with E-state index in [-0.39, 0.29) is 34.6 Å². The summed E-state index contributed by atoms with van der Waals surface area (Å²) in [4.78, 5) is 24.2. The molecule has 0 aliphatic heterocycles. The minimum Gasteiger partial charge on any atom is -0.481 e. The molecule has 0 spiro atoms. The molecule has 0 saturated carbocycles. The Bertz CT molecular complexity index is 1510. The zero-order valence-corrected chi connectivity index (χ0v) is 20.8. The van der Waals surface area contributed by atoms with Gasteiger partial charge in [-0.05, 0) is 23.1 Å². The maximum absolute atomic E-state index is 14.2. The number of nitrogens with one attached hydrogen (secondary N) is 1. The molecule has 11 heteroatoms. The number of benzene rings is 1. The van der Waals surface area contributed by atoms with Crippen LogP contribution in [0.25, 0.3) is 22.4 Å². The van der Waals surface area contributed by atoms with Gasteiger partial charge in [0.2, 0.25) is 10.0 Å². The molecule has 2 N–H and O–H groups in total. The van der Waals surface area contributed by atoms with E-state index in [0.29, 0.717) is 11.4 Å². The van der Waals surface area contributed by atoms with Crippen molar-refractivity contribution in [1.82, 2.24) is 18.9 Å². The van der Waals surface area contributed by atoms with Gasteiger partial charge in [-0.2, -0.15) is 0 Å². The van der Waals surface area contributed by atoms with Crippen LogP contribution in [0.3, 0.4) is 0 Å². The van der Waals surface area contributed by atoms with Crippen molar-refractivity contribution in [3.63, 3.8) is 0 Å². The third kappa shape index (κ3) is 5.51. The largest absolute Gasteiger partial charge is 0.481 e. The molecule has 4 rings (SSSR count). The zero-order chi connectivity index (χ0) is 26.1. The Morgan fingerprint density at radius 3 is 2.56 bits per heavy atom. The van der Waals surface area contributed by atoms with E-state index < -0.39 is 33.3 Å². The molecule has 0 unspecified atom stereocenters. The van der Waals surface area contributed by atoms with Crippen molar-refractivity contribution in [3.05, 3.63) is 72.4 Å². The van der Waals surface area contributed by atoms with E-state index in [1.165, 1.54) is 18.5 Å².